The average Bonchev–Trinajstić information content (AvgIpc) is 2.38. The van der Waals surface area contributed by atoms with E-state index >= 15 is 0 Å². The van der Waals surface area contributed by atoms with Crippen molar-refractivity contribution in [3.63, 3.8) is 0 Å². The molecular weight excluding hydrogens is 300 g/mol. The van der Waals surface area contributed by atoms with Crippen molar-refractivity contribution in [3.05, 3.63) is 52.5 Å². The van der Waals surface area contributed by atoms with Gasteiger partial charge in [-0.2, -0.15) is 0 Å². The zero-order chi connectivity index (χ0) is 13.0. The number of ether oxygens (including phenoxy) is 1. The van der Waals surface area contributed by atoms with Gasteiger partial charge in [0.2, 0.25) is 0 Å². The first-order valence-electron chi connectivity index (χ1n) is 5.09. The van der Waals surface area contributed by atoms with Crippen LogP contribution < -0.4 is 4.74 Å². The summed E-state index contributed by atoms with van der Waals surface area (Å²) in [5.41, 5.74) is 0.0975. The smallest absolute Gasteiger partial charge is 0.339 e. The van der Waals surface area contributed by atoms with Crippen molar-refractivity contribution in [1.82, 2.24) is 9.97 Å². The molecule has 0 amide bonds. The summed E-state index contributed by atoms with van der Waals surface area (Å²) in [5, 5.41) is 9.06. The topological polar surface area (TPSA) is 72.3 Å². The van der Waals surface area contributed by atoms with E-state index in [1.807, 2.05) is 0 Å². The minimum atomic E-state index is -1.04. The third-order valence-electron chi connectivity index (χ3n) is 2.16. The Morgan fingerprint density at radius 1 is 1.28 bits per heavy atom. The molecule has 1 aromatic heterocycles. The van der Waals surface area contributed by atoms with Crippen LogP contribution in [-0.2, 0) is 6.61 Å². The lowest BCUT2D eigenvalue weighted by atomic mass is 10.2. The standard InChI is InChI=1S/C12H9BrN2O3/c13-9-4-1-3-8(12(16)17)11(9)18-7-10-14-5-2-6-15-10/h1-6H,7H2,(H,16,17). The average molecular weight is 309 g/mol. The number of nitrogens with zero attached hydrogens (tertiary/aromatic N) is 2. The fourth-order valence-corrected chi connectivity index (χ4v) is 1.85. The highest BCUT2D eigenvalue weighted by molar-refractivity contribution is 9.10. The van der Waals surface area contributed by atoms with Crippen molar-refractivity contribution < 1.29 is 14.6 Å². The predicted molar refractivity (Wildman–Crippen MR) is 67.5 cm³/mol. The van der Waals surface area contributed by atoms with Crippen molar-refractivity contribution in [3.8, 4) is 5.75 Å². The molecule has 0 saturated heterocycles. The Bertz CT molecular complexity index is 561. The SMILES string of the molecule is O=C(O)c1cccc(Br)c1OCc1ncccn1. The van der Waals surface area contributed by atoms with Crippen LogP contribution in [0.4, 0.5) is 0 Å². The van der Waals surface area contributed by atoms with Crippen LogP contribution in [0, 0.1) is 0 Å². The van der Waals surface area contributed by atoms with Gasteiger partial charge >= 0.3 is 5.97 Å². The summed E-state index contributed by atoms with van der Waals surface area (Å²) in [4.78, 5) is 19.1. The summed E-state index contributed by atoms with van der Waals surface area (Å²) in [6, 6.07) is 6.53. The van der Waals surface area contributed by atoms with Gasteiger partial charge in [-0.3, -0.25) is 0 Å². The van der Waals surface area contributed by atoms with Gasteiger partial charge in [-0.15, -0.1) is 0 Å². The molecule has 2 aromatic rings. The predicted octanol–water partition coefficient (Wildman–Crippen LogP) is 2.52. The largest absolute Gasteiger partial charge is 0.484 e. The Labute approximate surface area is 112 Å². The highest BCUT2D eigenvalue weighted by atomic mass is 79.9. The van der Waals surface area contributed by atoms with E-state index in [-0.39, 0.29) is 17.9 Å². The van der Waals surface area contributed by atoms with E-state index in [2.05, 4.69) is 25.9 Å². The Morgan fingerprint density at radius 2 is 2.00 bits per heavy atom. The van der Waals surface area contributed by atoms with E-state index in [4.69, 9.17) is 9.84 Å². The van der Waals surface area contributed by atoms with Crippen LogP contribution in [0.3, 0.4) is 0 Å². The molecule has 18 heavy (non-hydrogen) atoms. The monoisotopic (exact) mass is 308 g/mol. The van der Waals surface area contributed by atoms with E-state index in [1.165, 1.54) is 6.07 Å². The van der Waals surface area contributed by atoms with Crippen LogP contribution in [0.25, 0.3) is 0 Å². The summed E-state index contributed by atoms with van der Waals surface area (Å²) < 4.78 is 6.04. The number of aromatic nitrogens is 2. The number of carboxylic acid groups (broad SMARTS) is 1. The number of benzene rings is 1. The normalized spacial score (nSPS) is 10.1. The molecule has 0 unspecified atom stereocenters. The molecule has 0 aliphatic heterocycles. The van der Waals surface area contributed by atoms with E-state index < -0.39 is 5.97 Å². The van der Waals surface area contributed by atoms with Crippen LogP contribution in [0.15, 0.2) is 41.1 Å². The van der Waals surface area contributed by atoms with Crippen LogP contribution in [-0.4, -0.2) is 21.0 Å². The Morgan fingerprint density at radius 3 is 2.67 bits per heavy atom. The van der Waals surface area contributed by atoms with Crippen LogP contribution in [0.5, 0.6) is 5.75 Å². The molecule has 0 spiro atoms. The third kappa shape index (κ3) is 2.84. The first-order chi connectivity index (χ1) is 8.68. The summed E-state index contributed by atoms with van der Waals surface area (Å²) in [6.45, 7) is 0.115. The summed E-state index contributed by atoms with van der Waals surface area (Å²) in [7, 11) is 0. The van der Waals surface area contributed by atoms with E-state index in [9.17, 15) is 4.79 Å². The number of rotatable bonds is 4. The number of halogens is 1. The summed E-state index contributed by atoms with van der Waals surface area (Å²) in [6.07, 6.45) is 3.20. The van der Waals surface area contributed by atoms with Crippen LogP contribution in [0.1, 0.15) is 16.2 Å². The highest BCUT2D eigenvalue weighted by Gasteiger charge is 2.14. The number of hydrogen-bond donors (Lipinski definition) is 1. The zero-order valence-electron chi connectivity index (χ0n) is 9.21. The summed E-state index contributed by atoms with van der Waals surface area (Å²) in [5.74, 6) is -0.276. The molecule has 5 nitrogen and oxygen atoms in total. The molecule has 92 valence electrons. The maximum atomic E-state index is 11.1. The molecule has 1 aromatic carbocycles. The molecule has 6 heteroatoms. The Balaban J connectivity index is 2.21. The second kappa shape index (κ2) is 5.59. The number of para-hydroxylation sites is 1. The molecule has 0 atom stereocenters. The Hall–Kier alpha value is -1.95. The lowest BCUT2D eigenvalue weighted by Crippen LogP contribution is -2.06. The van der Waals surface area contributed by atoms with Crippen LogP contribution >= 0.6 is 15.9 Å². The van der Waals surface area contributed by atoms with Crippen molar-refractivity contribution in [2.75, 3.05) is 0 Å². The fourth-order valence-electron chi connectivity index (χ4n) is 1.37. The minimum absolute atomic E-state index is 0.0975. The van der Waals surface area contributed by atoms with Gasteiger partial charge < -0.3 is 9.84 Å². The molecular formula is C12H9BrN2O3. The van der Waals surface area contributed by atoms with E-state index in [0.717, 1.165) is 0 Å². The first kappa shape index (κ1) is 12.5. The lowest BCUT2D eigenvalue weighted by Gasteiger charge is -2.09. The summed E-state index contributed by atoms with van der Waals surface area (Å²) >= 11 is 3.26. The Kier molecular flexibility index (Phi) is 3.88. The van der Waals surface area contributed by atoms with Crippen LogP contribution in [0.2, 0.25) is 0 Å². The maximum absolute atomic E-state index is 11.1. The molecule has 1 N–H and O–H groups in total. The second-order valence-corrected chi connectivity index (χ2v) is 4.23. The van der Waals surface area contributed by atoms with Gasteiger partial charge in [0, 0.05) is 12.4 Å². The molecule has 0 bridgehead atoms. The number of aromatic carboxylic acids is 1. The molecule has 2 rings (SSSR count). The molecule has 0 saturated carbocycles. The molecule has 1 heterocycles. The molecule has 0 aliphatic carbocycles. The van der Waals surface area contributed by atoms with E-state index in [0.29, 0.717) is 10.3 Å². The van der Waals surface area contributed by atoms with Crippen molar-refractivity contribution in [2.45, 2.75) is 6.61 Å². The molecule has 0 fully saturated rings. The van der Waals surface area contributed by atoms with Gasteiger partial charge in [0.15, 0.2) is 5.82 Å². The zero-order valence-corrected chi connectivity index (χ0v) is 10.8. The third-order valence-corrected chi connectivity index (χ3v) is 2.79. The number of carboxylic acids is 1. The first-order valence-corrected chi connectivity index (χ1v) is 5.88. The van der Waals surface area contributed by atoms with E-state index in [1.54, 1.807) is 30.6 Å². The molecule has 0 radical (unpaired) electrons. The van der Waals surface area contributed by atoms with Crippen molar-refractivity contribution >= 4 is 21.9 Å². The second-order valence-electron chi connectivity index (χ2n) is 3.38. The van der Waals surface area contributed by atoms with Gasteiger partial charge in [0.1, 0.15) is 17.9 Å². The number of hydrogen-bond acceptors (Lipinski definition) is 4. The van der Waals surface area contributed by atoms with Gasteiger partial charge in [0.25, 0.3) is 0 Å². The maximum Gasteiger partial charge on any atom is 0.339 e. The van der Waals surface area contributed by atoms with Gasteiger partial charge in [-0.05, 0) is 34.1 Å². The van der Waals surface area contributed by atoms with Gasteiger partial charge in [0.05, 0.1) is 4.47 Å². The van der Waals surface area contributed by atoms with Crippen molar-refractivity contribution in [1.29, 1.82) is 0 Å². The minimum Gasteiger partial charge on any atom is -0.484 e. The quantitative estimate of drug-likeness (QED) is 0.939. The van der Waals surface area contributed by atoms with Gasteiger partial charge in [-0.25, -0.2) is 14.8 Å². The fraction of sp³-hybridized carbons (Fsp3) is 0.0833. The number of carbonyl (C=O) groups is 1. The molecule has 0 aliphatic rings. The van der Waals surface area contributed by atoms with Crippen molar-refractivity contribution in [2.24, 2.45) is 0 Å². The van der Waals surface area contributed by atoms with Gasteiger partial charge in [-0.1, -0.05) is 6.07 Å². The highest BCUT2D eigenvalue weighted by Crippen LogP contribution is 2.29. The lowest BCUT2D eigenvalue weighted by molar-refractivity contribution is 0.0691.